The summed E-state index contributed by atoms with van der Waals surface area (Å²) in [7, 11) is 0. The van der Waals surface area contributed by atoms with E-state index in [9.17, 15) is 29.1 Å². The van der Waals surface area contributed by atoms with Gasteiger partial charge in [0.2, 0.25) is 0 Å². The second kappa shape index (κ2) is 15.2. The van der Waals surface area contributed by atoms with Crippen LogP contribution in [0, 0.1) is 11.3 Å². The molecule has 1 spiro atoms. The van der Waals surface area contributed by atoms with Crippen LogP contribution in [0.15, 0.2) is 66.7 Å². The third kappa shape index (κ3) is 7.22. The van der Waals surface area contributed by atoms with E-state index in [-0.39, 0.29) is 38.0 Å². The van der Waals surface area contributed by atoms with Gasteiger partial charge >= 0.3 is 29.8 Å². The molecule has 52 heavy (non-hydrogen) atoms. The Hall–Kier alpha value is -4.59. The second-order valence-electron chi connectivity index (χ2n) is 14.4. The van der Waals surface area contributed by atoms with Crippen molar-refractivity contribution in [2.75, 3.05) is 13.2 Å². The summed E-state index contributed by atoms with van der Waals surface area (Å²) in [5, 5.41) is 21.4. The van der Waals surface area contributed by atoms with Crippen LogP contribution in [-0.2, 0) is 47.6 Å². The maximum absolute atomic E-state index is 13.9. The standard InChI is InChI=1S/C39H46O13/c1-24(41)48-27-20-21-37(4,46)39-33(50-30(44)19-18-28(42)47-23-22-40)31(36(2,3)52-39)32(49-29(43)17-16-25-12-8-6-9-13-25)34(38(27,39)5)51-35(45)26-14-10-7-11-15-26/h6-17,27,31-34,40,46H,18-23H2,1-5H3/b17-16+/t27-,31+,32-,33+,34-,37-,38-,39-/m0/s1. The fourth-order valence-corrected chi connectivity index (χ4v) is 8.36. The lowest BCUT2D eigenvalue weighted by Crippen LogP contribution is -2.81. The molecule has 2 N–H and O–H groups in total. The molecule has 13 heteroatoms. The molecule has 280 valence electrons. The summed E-state index contributed by atoms with van der Waals surface area (Å²) < 4.78 is 36.4. The number of ether oxygens (including phenoxy) is 6. The SMILES string of the molecule is CC(=O)O[C@H]1CC[C@](C)(O)[C@]23OC(C)(C)[C@H]([C@H](OC(=O)/C=C/c4ccccc4)[C@H](OC(=O)c4ccccc4)[C@]12C)[C@H]3OC(=O)CCC(=O)OCCO. The Morgan fingerprint density at radius 2 is 1.48 bits per heavy atom. The molecule has 2 aliphatic carbocycles. The van der Waals surface area contributed by atoms with E-state index in [1.54, 1.807) is 81.4 Å². The number of fused-ring (bicyclic) bond motifs is 1. The Labute approximate surface area is 302 Å². The van der Waals surface area contributed by atoms with Crippen molar-refractivity contribution in [2.24, 2.45) is 11.3 Å². The largest absolute Gasteiger partial charge is 0.463 e. The van der Waals surface area contributed by atoms with Gasteiger partial charge < -0.3 is 38.6 Å². The fourth-order valence-electron chi connectivity index (χ4n) is 8.36. The van der Waals surface area contributed by atoms with Gasteiger partial charge in [0.05, 0.1) is 47.5 Å². The summed E-state index contributed by atoms with van der Waals surface area (Å²) in [6, 6.07) is 17.2. The van der Waals surface area contributed by atoms with E-state index in [4.69, 9.17) is 33.5 Å². The molecule has 13 nitrogen and oxygen atoms in total. The van der Waals surface area contributed by atoms with Crippen molar-refractivity contribution < 1.29 is 62.6 Å². The van der Waals surface area contributed by atoms with E-state index in [1.807, 2.05) is 6.07 Å². The summed E-state index contributed by atoms with van der Waals surface area (Å²) in [6.07, 6.45) is -3.16. The quantitative estimate of drug-likeness (QED) is 0.184. The van der Waals surface area contributed by atoms with Gasteiger partial charge in [0.15, 0.2) is 6.10 Å². The Morgan fingerprint density at radius 1 is 0.846 bits per heavy atom. The molecule has 2 saturated carbocycles. The number of carbonyl (C=O) groups excluding carboxylic acids is 5. The van der Waals surface area contributed by atoms with Crippen molar-refractivity contribution in [2.45, 2.75) is 102 Å². The number of esters is 5. The van der Waals surface area contributed by atoms with Crippen molar-refractivity contribution in [3.8, 4) is 0 Å². The predicted octanol–water partition coefficient (Wildman–Crippen LogP) is 3.72. The number of rotatable bonds is 12. The molecule has 0 radical (unpaired) electrons. The van der Waals surface area contributed by atoms with Gasteiger partial charge in [-0.05, 0) is 64.3 Å². The third-order valence-corrected chi connectivity index (χ3v) is 10.5. The summed E-state index contributed by atoms with van der Waals surface area (Å²) in [6.45, 7) is 7.10. The summed E-state index contributed by atoms with van der Waals surface area (Å²) in [4.78, 5) is 66.1. The van der Waals surface area contributed by atoms with Crippen molar-refractivity contribution in [1.29, 1.82) is 0 Å². The zero-order valence-corrected chi connectivity index (χ0v) is 29.9. The molecule has 8 atom stereocenters. The van der Waals surface area contributed by atoms with E-state index in [2.05, 4.69) is 0 Å². The van der Waals surface area contributed by atoms with E-state index < -0.39 is 88.8 Å². The number of benzene rings is 2. The smallest absolute Gasteiger partial charge is 0.338 e. The van der Waals surface area contributed by atoms with Gasteiger partial charge in [-0.25, -0.2) is 9.59 Å². The van der Waals surface area contributed by atoms with Crippen molar-refractivity contribution in [1.82, 2.24) is 0 Å². The molecule has 2 bridgehead atoms. The molecular weight excluding hydrogens is 676 g/mol. The number of aliphatic hydroxyl groups is 2. The first kappa shape index (κ1) is 38.6. The molecule has 0 amide bonds. The van der Waals surface area contributed by atoms with Crippen molar-refractivity contribution in [3.05, 3.63) is 77.9 Å². The van der Waals surface area contributed by atoms with Crippen LogP contribution in [0.2, 0.25) is 0 Å². The number of hydrogen-bond acceptors (Lipinski definition) is 13. The topological polar surface area (TPSA) is 181 Å². The Kier molecular flexibility index (Phi) is 11.3. The molecule has 1 saturated heterocycles. The highest BCUT2D eigenvalue weighted by Gasteiger charge is 2.85. The van der Waals surface area contributed by atoms with E-state index >= 15 is 0 Å². The minimum Gasteiger partial charge on any atom is -0.463 e. The highest BCUT2D eigenvalue weighted by Crippen LogP contribution is 2.69. The normalized spacial score (nSPS) is 31.6. The average Bonchev–Trinajstić information content (AvgIpc) is 3.31. The van der Waals surface area contributed by atoms with E-state index in [0.29, 0.717) is 5.56 Å². The number of carbonyl (C=O) groups is 5. The summed E-state index contributed by atoms with van der Waals surface area (Å²) >= 11 is 0. The average molecular weight is 723 g/mol. The summed E-state index contributed by atoms with van der Waals surface area (Å²) in [5.41, 5.74) is -5.84. The predicted molar refractivity (Wildman–Crippen MR) is 183 cm³/mol. The van der Waals surface area contributed by atoms with Gasteiger partial charge in [-0.15, -0.1) is 0 Å². The monoisotopic (exact) mass is 722 g/mol. The van der Waals surface area contributed by atoms with Crippen molar-refractivity contribution >= 4 is 35.9 Å². The maximum atomic E-state index is 13.9. The fraction of sp³-hybridized carbons (Fsp3) is 0.513. The van der Waals surface area contributed by atoms with Crippen molar-refractivity contribution in [3.63, 3.8) is 0 Å². The molecule has 0 aromatic heterocycles. The Morgan fingerprint density at radius 3 is 2.12 bits per heavy atom. The van der Waals surface area contributed by atoms with Crippen LogP contribution < -0.4 is 0 Å². The summed E-state index contributed by atoms with van der Waals surface area (Å²) in [5.74, 6) is -4.89. The van der Waals surface area contributed by atoms with Crippen LogP contribution in [-0.4, -0.2) is 94.5 Å². The lowest BCUT2D eigenvalue weighted by Gasteiger charge is -2.65. The third-order valence-electron chi connectivity index (χ3n) is 10.5. The minimum atomic E-state index is -1.91. The molecule has 3 aliphatic rings. The van der Waals surface area contributed by atoms with Crippen LogP contribution in [0.25, 0.3) is 6.08 Å². The van der Waals surface area contributed by atoms with Crippen LogP contribution in [0.3, 0.4) is 0 Å². The Bertz CT molecular complexity index is 1670. The zero-order valence-electron chi connectivity index (χ0n) is 29.9. The van der Waals surface area contributed by atoms with Gasteiger partial charge in [0.25, 0.3) is 0 Å². The molecule has 5 rings (SSSR count). The molecular formula is C39H46O13. The minimum absolute atomic E-state index is 0.0223. The van der Waals surface area contributed by atoms with Crippen LogP contribution in [0.5, 0.6) is 0 Å². The van der Waals surface area contributed by atoms with Gasteiger partial charge in [-0.3, -0.25) is 14.4 Å². The van der Waals surface area contributed by atoms with Crippen LogP contribution >= 0.6 is 0 Å². The van der Waals surface area contributed by atoms with Gasteiger partial charge in [-0.1, -0.05) is 48.5 Å². The molecule has 1 heterocycles. The highest BCUT2D eigenvalue weighted by molar-refractivity contribution is 5.90. The number of aliphatic hydroxyl groups excluding tert-OH is 1. The van der Waals surface area contributed by atoms with Crippen LogP contribution in [0.4, 0.5) is 0 Å². The highest BCUT2D eigenvalue weighted by atomic mass is 16.6. The first-order valence-corrected chi connectivity index (χ1v) is 17.3. The molecule has 0 unspecified atom stereocenters. The zero-order chi connectivity index (χ0) is 37.9. The van der Waals surface area contributed by atoms with Crippen LogP contribution in [0.1, 0.15) is 76.2 Å². The molecule has 3 fully saturated rings. The molecule has 2 aromatic carbocycles. The van der Waals surface area contributed by atoms with Gasteiger partial charge in [-0.2, -0.15) is 0 Å². The van der Waals surface area contributed by atoms with E-state index in [1.165, 1.54) is 19.9 Å². The van der Waals surface area contributed by atoms with Gasteiger partial charge in [0.1, 0.15) is 30.5 Å². The maximum Gasteiger partial charge on any atom is 0.338 e. The lowest BCUT2D eigenvalue weighted by molar-refractivity contribution is -0.336. The molecule has 1 aliphatic heterocycles. The Balaban J connectivity index is 1.66. The van der Waals surface area contributed by atoms with Gasteiger partial charge in [0, 0.05) is 13.0 Å². The second-order valence-corrected chi connectivity index (χ2v) is 14.4. The first-order chi connectivity index (χ1) is 24.6. The lowest BCUT2D eigenvalue weighted by atomic mass is 9.47. The molecule has 2 aromatic rings. The first-order valence-electron chi connectivity index (χ1n) is 17.3. The van der Waals surface area contributed by atoms with E-state index in [0.717, 1.165) is 0 Å². The number of hydrogen-bond donors (Lipinski definition) is 2.